The van der Waals surface area contributed by atoms with Gasteiger partial charge in [0.2, 0.25) is 0 Å². The molecule has 0 aliphatic heterocycles. The zero-order chi connectivity index (χ0) is 14.0. The molecule has 1 aromatic rings. The summed E-state index contributed by atoms with van der Waals surface area (Å²) in [4.78, 5) is 0. The highest BCUT2D eigenvalue weighted by Gasteiger charge is 2.28. The van der Waals surface area contributed by atoms with E-state index in [1.165, 1.54) is 19.3 Å². The van der Waals surface area contributed by atoms with Crippen molar-refractivity contribution in [1.82, 2.24) is 0 Å². The summed E-state index contributed by atoms with van der Waals surface area (Å²) in [7, 11) is 1.69. The van der Waals surface area contributed by atoms with Crippen molar-refractivity contribution in [1.29, 1.82) is 0 Å². The Labute approximate surface area is 124 Å². The zero-order valence-electron chi connectivity index (χ0n) is 12.0. The Morgan fingerprint density at radius 1 is 1.26 bits per heavy atom. The molecule has 0 bridgehead atoms. The summed E-state index contributed by atoms with van der Waals surface area (Å²) < 4.78 is 6.59. The highest BCUT2D eigenvalue weighted by molar-refractivity contribution is 9.10. The second-order valence-electron chi connectivity index (χ2n) is 5.59. The summed E-state index contributed by atoms with van der Waals surface area (Å²) in [6.45, 7) is 4.08. The van der Waals surface area contributed by atoms with Crippen molar-refractivity contribution >= 4 is 15.9 Å². The maximum absolute atomic E-state index is 10.8. The topological polar surface area (TPSA) is 29.5 Å². The maximum atomic E-state index is 10.8. The number of benzene rings is 1. The van der Waals surface area contributed by atoms with Gasteiger partial charge in [0.05, 0.1) is 13.2 Å². The smallest absolute Gasteiger partial charge is 0.127 e. The van der Waals surface area contributed by atoms with E-state index in [0.717, 1.165) is 39.8 Å². The van der Waals surface area contributed by atoms with Gasteiger partial charge in [-0.15, -0.1) is 0 Å². The van der Waals surface area contributed by atoms with Crippen molar-refractivity contribution in [2.75, 3.05) is 7.11 Å². The van der Waals surface area contributed by atoms with Gasteiger partial charge in [0, 0.05) is 10.0 Å². The van der Waals surface area contributed by atoms with Crippen LogP contribution in [0.25, 0.3) is 0 Å². The third-order valence-electron chi connectivity index (χ3n) is 4.30. The molecule has 1 unspecified atom stereocenters. The molecule has 0 saturated heterocycles. The fourth-order valence-corrected chi connectivity index (χ4v) is 3.74. The van der Waals surface area contributed by atoms with Crippen LogP contribution in [0.3, 0.4) is 0 Å². The SMILES string of the molecule is COc1c(C)cc(Br)c(C)c1C(O)C1CCCCC1. The first-order chi connectivity index (χ1) is 9.06. The number of methoxy groups -OCH3 is 1. The van der Waals surface area contributed by atoms with Crippen LogP contribution in [-0.2, 0) is 0 Å². The number of aliphatic hydroxyl groups excluding tert-OH is 1. The van der Waals surface area contributed by atoms with Crippen LogP contribution >= 0.6 is 15.9 Å². The Balaban J connectivity index is 2.41. The first-order valence-electron chi connectivity index (χ1n) is 7.08. The summed E-state index contributed by atoms with van der Waals surface area (Å²) in [5, 5.41) is 10.8. The van der Waals surface area contributed by atoms with Crippen LogP contribution in [0.15, 0.2) is 10.5 Å². The third kappa shape index (κ3) is 2.97. The lowest BCUT2D eigenvalue weighted by molar-refractivity contribution is 0.0817. The molecule has 19 heavy (non-hydrogen) atoms. The number of ether oxygens (including phenoxy) is 1. The standard InChI is InChI=1S/C16H23BrO2/c1-10-9-13(17)11(2)14(16(10)19-3)15(18)12-7-5-4-6-8-12/h9,12,15,18H,4-8H2,1-3H3. The average Bonchev–Trinajstić information content (AvgIpc) is 2.42. The molecule has 0 heterocycles. The van der Waals surface area contributed by atoms with Crippen LogP contribution in [0.5, 0.6) is 5.75 Å². The molecule has 2 rings (SSSR count). The fourth-order valence-electron chi connectivity index (χ4n) is 3.19. The average molecular weight is 327 g/mol. The van der Waals surface area contributed by atoms with Crippen LogP contribution in [0.4, 0.5) is 0 Å². The van der Waals surface area contributed by atoms with Gasteiger partial charge in [-0.05, 0) is 49.8 Å². The number of aliphatic hydroxyl groups is 1. The molecular formula is C16H23BrO2. The summed E-state index contributed by atoms with van der Waals surface area (Å²) in [5.74, 6) is 1.22. The molecule has 0 radical (unpaired) electrons. The Hall–Kier alpha value is -0.540. The van der Waals surface area contributed by atoms with E-state index in [0.29, 0.717) is 5.92 Å². The minimum atomic E-state index is -0.411. The molecule has 2 nitrogen and oxygen atoms in total. The molecule has 1 aliphatic carbocycles. The van der Waals surface area contributed by atoms with Gasteiger partial charge < -0.3 is 9.84 Å². The van der Waals surface area contributed by atoms with E-state index < -0.39 is 6.10 Å². The molecule has 1 saturated carbocycles. The minimum Gasteiger partial charge on any atom is -0.496 e. The van der Waals surface area contributed by atoms with Crippen LogP contribution in [0.1, 0.15) is 54.9 Å². The van der Waals surface area contributed by atoms with E-state index in [9.17, 15) is 5.11 Å². The van der Waals surface area contributed by atoms with Crippen LogP contribution < -0.4 is 4.74 Å². The lowest BCUT2D eigenvalue weighted by atomic mass is 9.81. The van der Waals surface area contributed by atoms with Crippen molar-refractivity contribution < 1.29 is 9.84 Å². The van der Waals surface area contributed by atoms with E-state index in [2.05, 4.69) is 22.0 Å². The highest BCUT2D eigenvalue weighted by Crippen LogP contribution is 2.42. The normalized spacial score (nSPS) is 18.4. The van der Waals surface area contributed by atoms with E-state index in [4.69, 9.17) is 4.74 Å². The molecule has 1 aliphatic rings. The molecule has 0 aromatic heterocycles. The molecule has 1 fully saturated rings. The summed E-state index contributed by atoms with van der Waals surface area (Å²) in [6.07, 6.45) is 5.60. The van der Waals surface area contributed by atoms with Gasteiger partial charge >= 0.3 is 0 Å². The monoisotopic (exact) mass is 326 g/mol. The van der Waals surface area contributed by atoms with Crippen LogP contribution in [0.2, 0.25) is 0 Å². The first kappa shape index (κ1) is 14.9. The summed E-state index contributed by atoms with van der Waals surface area (Å²) >= 11 is 3.59. The van der Waals surface area contributed by atoms with Gasteiger partial charge in [-0.1, -0.05) is 35.2 Å². The largest absolute Gasteiger partial charge is 0.496 e. The summed E-state index contributed by atoms with van der Waals surface area (Å²) in [6, 6.07) is 2.06. The zero-order valence-corrected chi connectivity index (χ0v) is 13.6. The predicted molar refractivity (Wildman–Crippen MR) is 81.7 cm³/mol. The molecule has 0 amide bonds. The first-order valence-corrected chi connectivity index (χ1v) is 7.87. The molecule has 1 N–H and O–H groups in total. The lowest BCUT2D eigenvalue weighted by Crippen LogP contribution is -2.18. The van der Waals surface area contributed by atoms with E-state index in [-0.39, 0.29) is 0 Å². The predicted octanol–water partition coefficient (Wildman–Crippen LogP) is 4.69. The molecule has 1 atom stereocenters. The van der Waals surface area contributed by atoms with Crippen molar-refractivity contribution in [3.8, 4) is 5.75 Å². The van der Waals surface area contributed by atoms with Crippen molar-refractivity contribution in [2.24, 2.45) is 5.92 Å². The van der Waals surface area contributed by atoms with Gasteiger partial charge in [0.15, 0.2) is 0 Å². The molecule has 3 heteroatoms. The van der Waals surface area contributed by atoms with E-state index in [1.807, 2.05) is 13.8 Å². The minimum absolute atomic E-state index is 0.370. The summed E-state index contributed by atoms with van der Waals surface area (Å²) in [5.41, 5.74) is 3.15. The molecule has 106 valence electrons. The van der Waals surface area contributed by atoms with Gasteiger partial charge in [-0.3, -0.25) is 0 Å². The second-order valence-corrected chi connectivity index (χ2v) is 6.44. The van der Waals surface area contributed by atoms with Gasteiger partial charge in [-0.2, -0.15) is 0 Å². The molecule has 1 aromatic carbocycles. The number of rotatable bonds is 3. The third-order valence-corrected chi connectivity index (χ3v) is 5.13. The van der Waals surface area contributed by atoms with Crippen LogP contribution in [0, 0.1) is 19.8 Å². The second kappa shape index (κ2) is 6.27. The van der Waals surface area contributed by atoms with E-state index >= 15 is 0 Å². The Morgan fingerprint density at radius 2 is 1.89 bits per heavy atom. The Morgan fingerprint density at radius 3 is 2.47 bits per heavy atom. The lowest BCUT2D eigenvalue weighted by Gasteiger charge is -2.29. The van der Waals surface area contributed by atoms with E-state index in [1.54, 1.807) is 7.11 Å². The van der Waals surface area contributed by atoms with Gasteiger partial charge in [0.25, 0.3) is 0 Å². The molecule has 0 spiro atoms. The number of aryl methyl sites for hydroxylation is 1. The Bertz CT molecular complexity index is 451. The van der Waals surface area contributed by atoms with Crippen molar-refractivity contribution in [3.63, 3.8) is 0 Å². The molecular weight excluding hydrogens is 304 g/mol. The van der Waals surface area contributed by atoms with Gasteiger partial charge in [-0.25, -0.2) is 0 Å². The quantitative estimate of drug-likeness (QED) is 0.873. The Kier molecular flexibility index (Phi) is 4.91. The van der Waals surface area contributed by atoms with Crippen molar-refractivity contribution in [2.45, 2.75) is 52.1 Å². The van der Waals surface area contributed by atoms with Crippen molar-refractivity contribution in [3.05, 3.63) is 27.2 Å². The fraction of sp³-hybridized carbons (Fsp3) is 0.625. The number of hydrogen-bond donors (Lipinski definition) is 1. The number of halogens is 1. The van der Waals surface area contributed by atoms with Crippen LogP contribution in [-0.4, -0.2) is 12.2 Å². The maximum Gasteiger partial charge on any atom is 0.127 e. The number of hydrogen-bond acceptors (Lipinski definition) is 2. The van der Waals surface area contributed by atoms with Gasteiger partial charge in [0.1, 0.15) is 5.75 Å². The highest BCUT2D eigenvalue weighted by atomic mass is 79.9.